The predicted octanol–water partition coefficient (Wildman–Crippen LogP) is 3.78. The Kier molecular flexibility index (Phi) is 4.91. The summed E-state index contributed by atoms with van der Waals surface area (Å²) in [5.74, 6) is 0. The highest BCUT2D eigenvalue weighted by molar-refractivity contribution is 6.42. The number of aliphatic hydroxyl groups is 1. The molecule has 1 aliphatic rings. The molecule has 0 saturated heterocycles. The van der Waals surface area contributed by atoms with E-state index in [-0.39, 0.29) is 0 Å². The quantitative estimate of drug-likeness (QED) is 0.883. The molecule has 0 aliphatic heterocycles. The Morgan fingerprint density at radius 1 is 1.17 bits per heavy atom. The molecular weight excluding hydrogens is 269 g/mol. The van der Waals surface area contributed by atoms with Crippen molar-refractivity contribution in [2.24, 2.45) is 0 Å². The van der Waals surface area contributed by atoms with E-state index in [4.69, 9.17) is 23.2 Å². The summed E-state index contributed by atoms with van der Waals surface area (Å²) in [7, 11) is 0. The minimum absolute atomic E-state index is 0.538. The number of halogens is 2. The smallest absolute Gasteiger partial charge is 0.0771 e. The normalized spacial score (nSPS) is 18.8. The lowest BCUT2D eigenvalue weighted by atomic mass is 9.85. The molecule has 18 heavy (non-hydrogen) atoms. The fourth-order valence-electron chi connectivity index (χ4n) is 2.50. The van der Waals surface area contributed by atoms with Crippen LogP contribution in [-0.4, -0.2) is 17.3 Å². The molecule has 2 N–H and O–H groups in total. The van der Waals surface area contributed by atoms with Gasteiger partial charge in [0.2, 0.25) is 0 Å². The van der Waals surface area contributed by atoms with Crippen LogP contribution in [0.5, 0.6) is 0 Å². The molecular formula is C14H19Cl2NO. The molecule has 1 saturated carbocycles. The van der Waals surface area contributed by atoms with Gasteiger partial charge >= 0.3 is 0 Å². The summed E-state index contributed by atoms with van der Waals surface area (Å²) >= 11 is 12.1. The van der Waals surface area contributed by atoms with Crippen LogP contribution in [0, 0.1) is 0 Å². The fraction of sp³-hybridized carbons (Fsp3) is 0.571. The molecule has 0 amide bonds. The van der Waals surface area contributed by atoms with Gasteiger partial charge in [-0.05, 0) is 24.5 Å². The molecule has 0 aromatic heterocycles. The van der Waals surface area contributed by atoms with E-state index in [1.54, 1.807) is 6.07 Å². The second-order valence-corrected chi connectivity index (χ2v) is 5.89. The minimum Gasteiger partial charge on any atom is -0.389 e. The van der Waals surface area contributed by atoms with E-state index in [0.717, 1.165) is 31.2 Å². The number of rotatable bonds is 4. The van der Waals surface area contributed by atoms with Crippen molar-refractivity contribution in [1.29, 1.82) is 0 Å². The Labute approximate surface area is 118 Å². The first-order chi connectivity index (χ1) is 8.61. The lowest BCUT2D eigenvalue weighted by Crippen LogP contribution is -2.41. The molecule has 4 heteroatoms. The monoisotopic (exact) mass is 287 g/mol. The van der Waals surface area contributed by atoms with Crippen molar-refractivity contribution in [3.63, 3.8) is 0 Å². The van der Waals surface area contributed by atoms with Crippen LogP contribution in [0.1, 0.15) is 37.7 Å². The van der Waals surface area contributed by atoms with Crippen LogP contribution in [0.15, 0.2) is 18.2 Å². The second kappa shape index (κ2) is 6.25. The third-order valence-electron chi connectivity index (χ3n) is 3.59. The minimum atomic E-state index is -0.538. The van der Waals surface area contributed by atoms with Crippen LogP contribution in [0.2, 0.25) is 10.0 Å². The number of benzene rings is 1. The summed E-state index contributed by atoms with van der Waals surface area (Å²) in [4.78, 5) is 0. The fourth-order valence-corrected chi connectivity index (χ4v) is 2.89. The van der Waals surface area contributed by atoms with Crippen LogP contribution < -0.4 is 5.32 Å². The summed E-state index contributed by atoms with van der Waals surface area (Å²) in [5, 5.41) is 14.8. The van der Waals surface area contributed by atoms with Crippen molar-refractivity contribution in [1.82, 2.24) is 5.32 Å². The molecule has 100 valence electrons. The molecule has 1 aromatic rings. The van der Waals surface area contributed by atoms with E-state index in [9.17, 15) is 5.11 Å². The number of hydrogen-bond donors (Lipinski definition) is 2. The first-order valence-electron chi connectivity index (χ1n) is 6.47. The van der Waals surface area contributed by atoms with Crippen molar-refractivity contribution >= 4 is 23.2 Å². The van der Waals surface area contributed by atoms with Crippen molar-refractivity contribution in [3.8, 4) is 0 Å². The Bertz CT molecular complexity index is 403. The molecule has 1 aromatic carbocycles. The first kappa shape index (κ1) is 14.1. The van der Waals surface area contributed by atoms with E-state index >= 15 is 0 Å². The summed E-state index contributed by atoms with van der Waals surface area (Å²) in [5.41, 5.74) is 0.437. The topological polar surface area (TPSA) is 32.3 Å². The van der Waals surface area contributed by atoms with Crippen molar-refractivity contribution in [3.05, 3.63) is 33.8 Å². The second-order valence-electron chi connectivity index (χ2n) is 5.10. The predicted molar refractivity (Wildman–Crippen MR) is 76.2 cm³/mol. The van der Waals surface area contributed by atoms with Gasteiger partial charge in [0.05, 0.1) is 15.6 Å². The summed E-state index contributed by atoms with van der Waals surface area (Å²) in [6.07, 6.45) is 5.27. The number of nitrogens with one attached hydrogen (secondary N) is 1. The van der Waals surface area contributed by atoms with Gasteiger partial charge in [-0.15, -0.1) is 0 Å². The zero-order valence-electron chi connectivity index (χ0n) is 10.4. The van der Waals surface area contributed by atoms with E-state index in [1.165, 1.54) is 6.42 Å². The highest BCUT2D eigenvalue weighted by Crippen LogP contribution is 2.28. The third-order valence-corrected chi connectivity index (χ3v) is 4.44. The van der Waals surface area contributed by atoms with E-state index in [1.807, 2.05) is 12.1 Å². The van der Waals surface area contributed by atoms with Gasteiger partial charge in [0.25, 0.3) is 0 Å². The van der Waals surface area contributed by atoms with Gasteiger partial charge in [0, 0.05) is 13.1 Å². The van der Waals surface area contributed by atoms with Crippen LogP contribution in [0.25, 0.3) is 0 Å². The van der Waals surface area contributed by atoms with Gasteiger partial charge in [0.15, 0.2) is 0 Å². The molecule has 0 radical (unpaired) electrons. The first-order valence-corrected chi connectivity index (χ1v) is 7.22. The average molecular weight is 288 g/mol. The lowest BCUT2D eigenvalue weighted by molar-refractivity contribution is 0.00468. The van der Waals surface area contributed by atoms with Gasteiger partial charge in [-0.2, -0.15) is 0 Å². The van der Waals surface area contributed by atoms with Gasteiger partial charge in [0.1, 0.15) is 0 Å². The molecule has 1 aliphatic carbocycles. The number of hydrogen-bond acceptors (Lipinski definition) is 2. The largest absolute Gasteiger partial charge is 0.389 e. The summed E-state index contributed by atoms with van der Waals surface area (Å²) in [6.45, 7) is 1.26. The maximum Gasteiger partial charge on any atom is 0.0771 e. The molecule has 2 rings (SSSR count). The maximum atomic E-state index is 10.4. The standard InChI is InChI=1S/C14H19Cl2NO/c15-12-6-4-5-11(13(12)16)9-17-10-14(18)7-2-1-3-8-14/h4-6,17-18H,1-3,7-10H2. The van der Waals surface area contributed by atoms with Crippen molar-refractivity contribution in [2.45, 2.75) is 44.2 Å². The zero-order chi connectivity index (χ0) is 13.0. The van der Waals surface area contributed by atoms with Crippen LogP contribution in [-0.2, 0) is 6.54 Å². The average Bonchev–Trinajstić information content (AvgIpc) is 2.35. The third kappa shape index (κ3) is 3.61. The maximum absolute atomic E-state index is 10.4. The lowest BCUT2D eigenvalue weighted by Gasteiger charge is -2.32. The van der Waals surface area contributed by atoms with E-state index in [2.05, 4.69) is 5.32 Å². The Hall–Kier alpha value is -0.280. The highest BCUT2D eigenvalue weighted by atomic mass is 35.5. The van der Waals surface area contributed by atoms with Gasteiger partial charge in [-0.3, -0.25) is 0 Å². The van der Waals surface area contributed by atoms with Gasteiger partial charge in [-0.25, -0.2) is 0 Å². The molecule has 0 atom stereocenters. The summed E-state index contributed by atoms with van der Waals surface area (Å²) < 4.78 is 0. The van der Waals surface area contributed by atoms with Gasteiger partial charge < -0.3 is 10.4 Å². The van der Waals surface area contributed by atoms with Crippen LogP contribution in [0.3, 0.4) is 0 Å². The molecule has 1 fully saturated rings. The molecule has 0 heterocycles. The molecule has 0 unspecified atom stereocenters. The van der Waals surface area contributed by atoms with Crippen LogP contribution >= 0.6 is 23.2 Å². The molecule has 0 spiro atoms. The van der Waals surface area contributed by atoms with E-state index in [0.29, 0.717) is 23.1 Å². The van der Waals surface area contributed by atoms with Crippen LogP contribution in [0.4, 0.5) is 0 Å². The molecule has 2 nitrogen and oxygen atoms in total. The highest BCUT2D eigenvalue weighted by Gasteiger charge is 2.28. The van der Waals surface area contributed by atoms with Crippen molar-refractivity contribution < 1.29 is 5.11 Å². The zero-order valence-corrected chi connectivity index (χ0v) is 11.9. The SMILES string of the molecule is OC1(CNCc2cccc(Cl)c2Cl)CCCCC1. The molecule has 0 bridgehead atoms. The Balaban J connectivity index is 1.86. The Morgan fingerprint density at radius 2 is 1.89 bits per heavy atom. The summed E-state index contributed by atoms with van der Waals surface area (Å²) in [6, 6.07) is 5.62. The van der Waals surface area contributed by atoms with Gasteiger partial charge in [-0.1, -0.05) is 54.6 Å². The Morgan fingerprint density at radius 3 is 2.61 bits per heavy atom. The van der Waals surface area contributed by atoms with E-state index < -0.39 is 5.60 Å². The van der Waals surface area contributed by atoms with Crippen molar-refractivity contribution in [2.75, 3.05) is 6.54 Å².